The Morgan fingerprint density at radius 2 is 1.86 bits per heavy atom. The SMILES string of the molecule is CCCCCCCC(NC)C1CCOC2(CCOCC2)C1. The molecule has 2 saturated heterocycles. The zero-order chi connectivity index (χ0) is 15.0. The van der Waals surface area contributed by atoms with Crippen molar-refractivity contribution in [1.82, 2.24) is 5.32 Å². The summed E-state index contributed by atoms with van der Waals surface area (Å²) in [6, 6.07) is 0.676. The second kappa shape index (κ2) is 9.12. The summed E-state index contributed by atoms with van der Waals surface area (Å²) in [5, 5.41) is 3.60. The van der Waals surface area contributed by atoms with Crippen molar-refractivity contribution in [1.29, 1.82) is 0 Å². The lowest BCUT2D eigenvalue weighted by Gasteiger charge is -2.45. The van der Waals surface area contributed by atoms with E-state index in [1.54, 1.807) is 0 Å². The van der Waals surface area contributed by atoms with E-state index < -0.39 is 0 Å². The molecule has 0 bridgehead atoms. The zero-order valence-corrected chi connectivity index (χ0v) is 14.2. The molecule has 21 heavy (non-hydrogen) atoms. The van der Waals surface area contributed by atoms with E-state index in [-0.39, 0.29) is 5.60 Å². The molecular weight excluding hydrogens is 262 g/mol. The minimum absolute atomic E-state index is 0.137. The van der Waals surface area contributed by atoms with Crippen LogP contribution in [0, 0.1) is 5.92 Å². The first kappa shape index (κ1) is 17.2. The molecule has 0 aromatic rings. The molecular formula is C18H35NO2. The highest BCUT2D eigenvalue weighted by atomic mass is 16.5. The summed E-state index contributed by atoms with van der Waals surface area (Å²) in [6.07, 6.45) is 12.9. The van der Waals surface area contributed by atoms with E-state index in [2.05, 4.69) is 19.3 Å². The van der Waals surface area contributed by atoms with E-state index >= 15 is 0 Å². The zero-order valence-electron chi connectivity index (χ0n) is 14.2. The first-order valence-electron chi connectivity index (χ1n) is 9.18. The standard InChI is InChI=1S/C18H35NO2/c1-3-4-5-6-7-8-17(19-2)16-9-12-21-18(15-16)10-13-20-14-11-18/h16-17,19H,3-15H2,1-2H3. The number of ether oxygens (including phenoxy) is 2. The summed E-state index contributed by atoms with van der Waals surface area (Å²) in [4.78, 5) is 0. The quantitative estimate of drug-likeness (QED) is 0.689. The predicted molar refractivity (Wildman–Crippen MR) is 87.7 cm³/mol. The molecule has 0 aromatic carbocycles. The highest BCUT2D eigenvalue weighted by Crippen LogP contribution is 2.38. The van der Waals surface area contributed by atoms with Gasteiger partial charge >= 0.3 is 0 Å². The minimum Gasteiger partial charge on any atom is -0.381 e. The van der Waals surface area contributed by atoms with Crippen LogP contribution in [0.15, 0.2) is 0 Å². The number of hydrogen-bond acceptors (Lipinski definition) is 3. The van der Waals surface area contributed by atoms with Crippen molar-refractivity contribution in [3.8, 4) is 0 Å². The number of rotatable bonds is 8. The molecule has 3 nitrogen and oxygen atoms in total. The molecule has 0 aromatic heterocycles. The molecule has 124 valence electrons. The van der Waals surface area contributed by atoms with Crippen molar-refractivity contribution in [3.63, 3.8) is 0 Å². The van der Waals surface area contributed by atoms with Gasteiger partial charge in [-0.2, -0.15) is 0 Å². The monoisotopic (exact) mass is 297 g/mol. The molecule has 1 N–H and O–H groups in total. The third-order valence-electron chi connectivity index (χ3n) is 5.49. The van der Waals surface area contributed by atoms with Gasteiger partial charge in [-0.15, -0.1) is 0 Å². The van der Waals surface area contributed by atoms with Gasteiger partial charge in [-0.05, 0) is 45.1 Å². The molecule has 2 fully saturated rings. The van der Waals surface area contributed by atoms with E-state index in [9.17, 15) is 0 Å². The van der Waals surface area contributed by atoms with E-state index in [0.717, 1.165) is 38.6 Å². The predicted octanol–water partition coefficient (Wildman–Crippen LogP) is 3.91. The summed E-state index contributed by atoms with van der Waals surface area (Å²) in [6.45, 7) is 4.99. The van der Waals surface area contributed by atoms with Gasteiger partial charge in [0.05, 0.1) is 5.60 Å². The summed E-state index contributed by atoms with van der Waals surface area (Å²) in [7, 11) is 2.14. The van der Waals surface area contributed by atoms with Crippen LogP contribution in [-0.2, 0) is 9.47 Å². The van der Waals surface area contributed by atoms with E-state index in [4.69, 9.17) is 9.47 Å². The first-order chi connectivity index (χ1) is 10.3. The molecule has 2 heterocycles. The average molecular weight is 297 g/mol. The highest BCUT2D eigenvalue weighted by Gasteiger charge is 2.40. The van der Waals surface area contributed by atoms with Crippen LogP contribution in [0.25, 0.3) is 0 Å². The average Bonchev–Trinajstić information content (AvgIpc) is 2.52. The van der Waals surface area contributed by atoms with Crippen LogP contribution in [0.5, 0.6) is 0 Å². The Hall–Kier alpha value is -0.120. The fourth-order valence-corrected chi connectivity index (χ4v) is 4.08. The van der Waals surface area contributed by atoms with Crippen molar-refractivity contribution >= 4 is 0 Å². The Balaban J connectivity index is 1.77. The largest absolute Gasteiger partial charge is 0.381 e. The van der Waals surface area contributed by atoms with E-state index in [1.807, 2.05) is 0 Å². The Kier molecular flexibility index (Phi) is 7.48. The first-order valence-corrected chi connectivity index (χ1v) is 9.18. The van der Waals surface area contributed by atoms with Gasteiger partial charge < -0.3 is 14.8 Å². The Morgan fingerprint density at radius 1 is 1.10 bits per heavy atom. The molecule has 2 unspecified atom stereocenters. The maximum atomic E-state index is 6.18. The molecule has 0 amide bonds. The number of unbranched alkanes of at least 4 members (excludes halogenated alkanes) is 4. The van der Waals surface area contributed by atoms with Crippen molar-refractivity contribution in [2.75, 3.05) is 26.9 Å². The lowest BCUT2D eigenvalue weighted by atomic mass is 9.77. The van der Waals surface area contributed by atoms with Crippen LogP contribution in [0.1, 0.15) is 71.1 Å². The molecule has 0 radical (unpaired) electrons. The van der Waals surface area contributed by atoms with Gasteiger partial charge in [0, 0.05) is 25.9 Å². The van der Waals surface area contributed by atoms with Gasteiger partial charge in [-0.3, -0.25) is 0 Å². The van der Waals surface area contributed by atoms with Gasteiger partial charge in [0.15, 0.2) is 0 Å². The fourth-order valence-electron chi connectivity index (χ4n) is 4.08. The Bertz CT molecular complexity index is 271. The second-order valence-electron chi connectivity index (χ2n) is 6.99. The van der Waals surface area contributed by atoms with Crippen molar-refractivity contribution in [2.24, 2.45) is 5.92 Å². The smallest absolute Gasteiger partial charge is 0.0729 e. The molecule has 2 atom stereocenters. The molecule has 0 saturated carbocycles. The van der Waals surface area contributed by atoms with Crippen LogP contribution in [-0.4, -0.2) is 38.5 Å². The van der Waals surface area contributed by atoms with E-state index in [1.165, 1.54) is 51.4 Å². The summed E-state index contributed by atoms with van der Waals surface area (Å²) in [5.74, 6) is 0.785. The molecule has 1 spiro atoms. The summed E-state index contributed by atoms with van der Waals surface area (Å²) < 4.78 is 11.7. The van der Waals surface area contributed by atoms with Crippen molar-refractivity contribution in [3.05, 3.63) is 0 Å². The molecule has 2 aliphatic rings. The topological polar surface area (TPSA) is 30.5 Å². The molecule has 2 rings (SSSR count). The van der Waals surface area contributed by atoms with E-state index in [0.29, 0.717) is 6.04 Å². The van der Waals surface area contributed by atoms with Crippen molar-refractivity contribution < 1.29 is 9.47 Å². The third-order valence-corrected chi connectivity index (χ3v) is 5.49. The highest BCUT2D eigenvalue weighted by molar-refractivity contribution is 4.92. The third kappa shape index (κ3) is 5.22. The number of hydrogen-bond donors (Lipinski definition) is 1. The Morgan fingerprint density at radius 3 is 2.57 bits per heavy atom. The lowest BCUT2D eigenvalue weighted by Crippen LogP contribution is -2.48. The van der Waals surface area contributed by atoms with Crippen molar-refractivity contribution in [2.45, 2.75) is 82.8 Å². The van der Waals surface area contributed by atoms with Crippen LogP contribution in [0.4, 0.5) is 0 Å². The normalized spacial score (nSPS) is 26.9. The fraction of sp³-hybridized carbons (Fsp3) is 1.00. The lowest BCUT2D eigenvalue weighted by molar-refractivity contribution is -0.150. The van der Waals surface area contributed by atoms with Crippen LogP contribution < -0.4 is 5.32 Å². The Labute approximate surface area is 131 Å². The van der Waals surface area contributed by atoms with Crippen LogP contribution in [0.3, 0.4) is 0 Å². The maximum Gasteiger partial charge on any atom is 0.0729 e. The minimum atomic E-state index is 0.137. The van der Waals surface area contributed by atoms with Gasteiger partial charge in [0.1, 0.15) is 0 Å². The maximum absolute atomic E-state index is 6.18. The van der Waals surface area contributed by atoms with Gasteiger partial charge in [0.2, 0.25) is 0 Å². The summed E-state index contributed by atoms with van der Waals surface area (Å²) in [5.41, 5.74) is 0.137. The van der Waals surface area contributed by atoms with Crippen LogP contribution >= 0.6 is 0 Å². The second-order valence-corrected chi connectivity index (χ2v) is 6.99. The molecule has 0 aliphatic carbocycles. The molecule has 2 aliphatic heterocycles. The number of nitrogens with one attached hydrogen (secondary N) is 1. The summed E-state index contributed by atoms with van der Waals surface area (Å²) >= 11 is 0. The molecule has 3 heteroatoms. The van der Waals surface area contributed by atoms with Crippen LogP contribution in [0.2, 0.25) is 0 Å². The van der Waals surface area contributed by atoms with Gasteiger partial charge in [-0.25, -0.2) is 0 Å². The van der Waals surface area contributed by atoms with Gasteiger partial charge in [-0.1, -0.05) is 39.0 Å². The van der Waals surface area contributed by atoms with Gasteiger partial charge in [0.25, 0.3) is 0 Å².